The number of nitrogens with zero attached hydrogens (tertiary/aromatic N) is 1. The highest BCUT2D eigenvalue weighted by molar-refractivity contribution is 6.01. The van der Waals surface area contributed by atoms with Crippen LogP contribution in [-0.2, 0) is 28.8 Å². The lowest BCUT2D eigenvalue weighted by Crippen LogP contribution is -2.41. The van der Waals surface area contributed by atoms with E-state index in [4.69, 9.17) is 4.84 Å². The summed E-state index contributed by atoms with van der Waals surface area (Å²) in [5.41, 5.74) is 0. The molecule has 9 nitrogen and oxygen atoms in total. The molecule has 0 saturated carbocycles. The van der Waals surface area contributed by atoms with Crippen molar-refractivity contribution in [3.63, 3.8) is 0 Å². The van der Waals surface area contributed by atoms with Crippen LogP contribution in [0.5, 0.6) is 0 Å². The molecule has 0 aromatic rings. The lowest BCUT2D eigenvalue weighted by Gasteiger charge is -2.16. The minimum Gasteiger partial charge on any atom is -0.480 e. The zero-order valence-electron chi connectivity index (χ0n) is 19.2. The van der Waals surface area contributed by atoms with E-state index in [2.05, 4.69) is 12.2 Å². The summed E-state index contributed by atoms with van der Waals surface area (Å²) in [6.07, 6.45) is 12.5. The van der Waals surface area contributed by atoms with Gasteiger partial charge in [0.15, 0.2) is 0 Å². The molecule has 182 valence electrons. The second kappa shape index (κ2) is 16.2. The van der Waals surface area contributed by atoms with Gasteiger partial charge in [-0.2, -0.15) is 0 Å². The van der Waals surface area contributed by atoms with E-state index in [1.807, 2.05) is 0 Å². The Labute approximate surface area is 190 Å². The van der Waals surface area contributed by atoms with E-state index in [1.54, 1.807) is 0 Å². The van der Waals surface area contributed by atoms with Gasteiger partial charge in [-0.05, 0) is 12.8 Å². The van der Waals surface area contributed by atoms with Crippen molar-refractivity contribution in [1.29, 1.82) is 0 Å². The number of amides is 3. The largest absolute Gasteiger partial charge is 0.480 e. The SMILES string of the molecule is CCCCCCCCCCCCCC(=O)NC(CCC(=O)ON1C(=O)CCC1=O)C(=O)O. The predicted molar refractivity (Wildman–Crippen MR) is 117 cm³/mol. The van der Waals surface area contributed by atoms with E-state index < -0.39 is 29.8 Å². The van der Waals surface area contributed by atoms with Crippen molar-refractivity contribution in [1.82, 2.24) is 10.4 Å². The second-order valence-corrected chi connectivity index (χ2v) is 8.33. The second-order valence-electron chi connectivity index (χ2n) is 8.33. The minimum absolute atomic E-state index is 0.0149. The van der Waals surface area contributed by atoms with Crippen LogP contribution in [0.3, 0.4) is 0 Å². The monoisotopic (exact) mass is 454 g/mol. The number of hydroxylamine groups is 2. The van der Waals surface area contributed by atoms with Gasteiger partial charge in [-0.1, -0.05) is 71.1 Å². The highest BCUT2D eigenvalue weighted by Crippen LogP contribution is 2.14. The van der Waals surface area contributed by atoms with Crippen molar-refractivity contribution in [3.05, 3.63) is 0 Å². The van der Waals surface area contributed by atoms with Crippen molar-refractivity contribution in [2.24, 2.45) is 0 Å². The van der Waals surface area contributed by atoms with Crippen molar-refractivity contribution < 1.29 is 33.9 Å². The molecule has 0 radical (unpaired) electrons. The van der Waals surface area contributed by atoms with Gasteiger partial charge in [-0.25, -0.2) is 9.59 Å². The summed E-state index contributed by atoms with van der Waals surface area (Å²) in [6.45, 7) is 2.21. The maximum absolute atomic E-state index is 12.0. The first-order valence-electron chi connectivity index (χ1n) is 11.9. The lowest BCUT2D eigenvalue weighted by atomic mass is 10.0. The highest BCUT2D eigenvalue weighted by atomic mass is 16.7. The molecule has 1 unspecified atom stereocenters. The Balaban J connectivity index is 2.14. The number of carbonyl (C=O) groups excluding carboxylic acids is 4. The van der Waals surface area contributed by atoms with Crippen LogP contribution in [-0.4, -0.2) is 45.9 Å². The van der Waals surface area contributed by atoms with Crippen LogP contribution >= 0.6 is 0 Å². The van der Waals surface area contributed by atoms with Crippen molar-refractivity contribution in [3.8, 4) is 0 Å². The maximum Gasteiger partial charge on any atom is 0.333 e. The van der Waals surface area contributed by atoms with Crippen molar-refractivity contribution >= 4 is 29.7 Å². The third kappa shape index (κ3) is 11.8. The number of rotatable bonds is 18. The predicted octanol–water partition coefficient (Wildman–Crippen LogP) is 3.64. The van der Waals surface area contributed by atoms with Gasteiger partial charge in [0, 0.05) is 19.3 Å². The molecule has 1 fully saturated rings. The summed E-state index contributed by atoms with van der Waals surface area (Å²) in [5.74, 6) is -3.71. The molecule has 2 N–H and O–H groups in total. The Morgan fingerprint density at radius 2 is 1.38 bits per heavy atom. The first-order chi connectivity index (χ1) is 15.3. The summed E-state index contributed by atoms with van der Waals surface area (Å²) in [5, 5.41) is 12.1. The number of carbonyl (C=O) groups is 5. The maximum atomic E-state index is 12.0. The van der Waals surface area contributed by atoms with Crippen molar-refractivity contribution in [2.75, 3.05) is 0 Å². The van der Waals surface area contributed by atoms with Crippen LogP contribution in [0.15, 0.2) is 0 Å². The Morgan fingerprint density at radius 3 is 1.88 bits per heavy atom. The van der Waals surface area contributed by atoms with Crippen LogP contribution in [0.2, 0.25) is 0 Å². The van der Waals surface area contributed by atoms with Gasteiger partial charge in [0.25, 0.3) is 11.8 Å². The first-order valence-corrected chi connectivity index (χ1v) is 11.9. The number of carboxylic acids is 1. The molecule has 1 rings (SSSR count). The molecule has 1 aliphatic rings. The van der Waals surface area contributed by atoms with Gasteiger partial charge >= 0.3 is 11.9 Å². The third-order valence-electron chi connectivity index (χ3n) is 5.48. The van der Waals surface area contributed by atoms with Gasteiger partial charge in [0.2, 0.25) is 5.91 Å². The molecule has 1 saturated heterocycles. The smallest absolute Gasteiger partial charge is 0.333 e. The van der Waals surface area contributed by atoms with Crippen LogP contribution in [0.4, 0.5) is 0 Å². The fraction of sp³-hybridized carbons (Fsp3) is 0.783. The number of aliphatic carboxylic acids is 1. The summed E-state index contributed by atoms with van der Waals surface area (Å²) in [7, 11) is 0. The van der Waals surface area contributed by atoms with Crippen LogP contribution < -0.4 is 5.32 Å². The average molecular weight is 455 g/mol. The number of nitrogens with one attached hydrogen (secondary N) is 1. The van der Waals surface area contributed by atoms with E-state index in [0.717, 1.165) is 19.3 Å². The quantitative estimate of drug-likeness (QED) is 0.239. The molecule has 1 heterocycles. The molecule has 0 aromatic carbocycles. The Hall–Kier alpha value is -2.45. The number of imide groups is 1. The van der Waals surface area contributed by atoms with E-state index in [9.17, 15) is 29.1 Å². The number of hydrogen-bond acceptors (Lipinski definition) is 6. The van der Waals surface area contributed by atoms with E-state index >= 15 is 0 Å². The molecule has 32 heavy (non-hydrogen) atoms. The van der Waals surface area contributed by atoms with Gasteiger partial charge < -0.3 is 15.3 Å². The number of unbranched alkanes of at least 4 members (excludes halogenated alkanes) is 10. The fourth-order valence-corrected chi connectivity index (χ4v) is 3.54. The molecule has 9 heteroatoms. The first kappa shape index (κ1) is 27.6. The van der Waals surface area contributed by atoms with Crippen LogP contribution in [0, 0.1) is 0 Å². The van der Waals surface area contributed by atoms with Gasteiger partial charge in [-0.3, -0.25) is 14.4 Å². The Bertz CT molecular complexity index is 620. The molecule has 0 aromatic heterocycles. The summed E-state index contributed by atoms with van der Waals surface area (Å²) in [4.78, 5) is 62.8. The van der Waals surface area contributed by atoms with Gasteiger partial charge in [0.1, 0.15) is 6.04 Å². The molecule has 1 aliphatic heterocycles. The van der Waals surface area contributed by atoms with Gasteiger partial charge in [0.05, 0.1) is 6.42 Å². The van der Waals surface area contributed by atoms with E-state index in [0.29, 0.717) is 11.5 Å². The summed E-state index contributed by atoms with van der Waals surface area (Å²) >= 11 is 0. The lowest BCUT2D eigenvalue weighted by molar-refractivity contribution is -0.197. The van der Waals surface area contributed by atoms with Gasteiger partial charge in [-0.15, -0.1) is 5.06 Å². The van der Waals surface area contributed by atoms with Crippen molar-refractivity contribution in [2.45, 2.75) is 116 Å². The van der Waals surface area contributed by atoms with E-state index in [-0.39, 0.29) is 38.0 Å². The summed E-state index contributed by atoms with van der Waals surface area (Å²) < 4.78 is 0. The molecule has 0 bridgehead atoms. The topological polar surface area (TPSA) is 130 Å². The molecule has 0 aliphatic carbocycles. The van der Waals surface area contributed by atoms with Crippen LogP contribution in [0.25, 0.3) is 0 Å². The molecular formula is C23H38N2O7. The number of carboxylic acid groups (broad SMARTS) is 1. The molecular weight excluding hydrogens is 416 g/mol. The number of hydrogen-bond donors (Lipinski definition) is 2. The normalized spacial score (nSPS) is 14.5. The highest BCUT2D eigenvalue weighted by Gasteiger charge is 2.33. The average Bonchev–Trinajstić information content (AvgIpc) is 3.06. The molecule has 0 spiro atoms. The molecule has 3 amide bonds. The Morgan fingerprint density at radius 1 is 0.875 bits per heavy atom. The standard InChI is InChI=1S/C23H38N2O7/c1-2-3-4-5-6-7-8-9-10-11-12-13-19(26)24-18(23(30)31)14-17-22(29)32-25-20(27)15-16-21(25)28/h18H,2-17H2,1H3,(H,24,26)(H,30,31). The zero-order chi connectivity index (χ0) is 23.8. The fourth-order valence-electron chi connectivity index (χ4n) is 3.54. The molecule has 1 atom stereocenters. The van der Waals surface area contributed by atoms with Crippen LogP contribution in [0.1, 0.15) is 110 Å². The Kier molecular flexibility index (Phi) is 14.0. The summed E-state index contributed by atoms with van der Waals surface area (Å²) in [6, 6.07) is -1.23. The van der Waals surface area contributed by atoms with E-state index in [1.165, 1.54) is 44.9 Å². The zero-order valence-corrected chi connectivity index (χ0v) is 19.2. The third-order valence-corrected chi connectivity index (χ3v) is 5.48. The minimum atomic E-state index is -1.25.